The molecule has 2 nitrogen and oxygen atoms in total. The van der Waals surface area contributed by atoms with Gasteiger partial charge in [-0.2, -0.15) is 0 Å². The van der Waals surface area contributed by atoms with Crippen molar-refractivity contribution in [1.82, 2.24) is 0 Å². The molecule has 0 unspecified atom stereocenters. The molecule has 0 saturated heterocycles. The Kier molecular flexibility index (Phi) is 5.77. The standard InChI is InChI=1S/C8H16.CHNO/c1-7-3-5-8(2)6-4-7;2-1-3/h7-8H,3-6H2,1-2H3;2H. The molecule has 1 N–H and O–H groups in total. The molecule has 0 amide bonds. The average molecular weight is 155 g/mol. The first kappa shape index (κ1) is 10.4. The van der Waals surface area contributed by atoms with Gasteiger partial charge in [-0.1, -0.05) is 39.5 Å². The van der Waals surface area contributed by atoms with Crippen LogP contribution >= 0.6 is 0 Å². The van der Waals surface area contributed by atoms with Crippen molar-refractivity contribution in [2.45, 2.75) is 39.5 Å². The Balaban J connectivity index is 0.000000292. The Labute approximate surface area is 68.5 Å². The zero-order chi connectivity index (χ0) is 8.69. The van der Waals surface area contributed by atoms with Crippen molar-refractivity contribution in [1.29, 1.82) is 5.41 Å². The van der Waals surface area contributed by atoms with Gasteiger partial charge in [-0.15, -0.1) is 0 Å². The fraction of sp³-hybridized carbons (Fsp3) is 0.889. The summed E-state index contributed by atoms with van der Waals surface area (Å²) in [7, 11) is 0. The molecule has 0 bridgehead atoms. The monoisotopic (exact) mass is 155 g/mol. The number of nitrogens with one attached hydrogen (secondary N) is 1. The van der Waals surface area contributed by atoms with Crippen molar-refractivity contribution in [3.63, 3.8) is 0 Å². The van der Waals surface area contributed by atoms with Crippen LogP contribution < -0.4 is 0 Å². The molecule has 0 radical (unpaired) electrons. The van der Waals surface area contributed by atoms with E-state index in [0.29, 0.717) is 0 Å². The molecule has 0 aromatic heterocycles. The minimum Gasteiger partial charge on any atom is -0.222 e. The van der Waals surface area contributed by atoms with Gasteiger partial charge in [0.1, 0.15) is 0 Å². The van der Waals surface area contributed by atoms with E-state index < -0.39 is 0 Å². The second-order valence-electron chi connectivity index (χ2n) is 3.47. The Morgan fingerprint density at radius 3 is 1.45 bits per heavy atom. The first-order chi connectivity index (χ1) is 5.20. The van der Waals surface area contributed by atoms with Crippen LogP contribution in [0.25, 0.3) is 0 Å². The Morgan fingerprint density at radius 1 is 1.09 bits per heavy atom. The predicted molar refractivity (Wildman–Crippen MR) is 45.2 cm³/mol. The van der Waals surface area contributed by atoms with Crippen LogP contribution in [0, 0.1) is 17.2 Å². The molecule has 1 aliphatic carbocycles. The van der Waals surface area contributed by atoms with Crippen LogP contribution in [0.3, 0.4) is 0 Å². The number of carbonyl (C=O) groups excluding carboxylic acids is 1. The molecule has 64 valence electrons. The van der Waals surface area contributed by atoms with Crippen LogP contribution in [0.2, 0.25) is 0 Å². The summed E-state index contributed by atoms with van der Waals surface area (Å²) in [5, 5.41) is 5.40. The fourth-order valence-corrected chi connectivity index (χ4v) is 1.43. The third-order valence-corrected chi connectivity index (χ3v) is 2.30. The summed E-state index contributed by atoms with van der Waals surface area (Å²) >= 11 is 0. The quantitative estimate of drug-likeness (QED) is 0.424. The molecule has 0 atom stereocenters. The van der Waals surface area contributed by atoms with Crippen molar-refractivity contribution in [3.8, 4) is 0 Å². The summed E-state index contributed by atoms with van der Waals surface area (Å²) in [5.41, 5.74) is 0. The fourth-order valence-electron chi connectivity index (χ4n) is 1.43. The van der Waals surface area contributed by atoms with E-state index in [4.69, 9.17) is 10.2 Å². The number of rotatable bonds is 0. The van der Waals surface area contributed by atoms with E-state index in [1.807, 2.05) is 0 Å². The maximum Gasteiger partial charge on any atom is 0.231 e. The topological polar surface area (TPSA) is 40.9 Å². The molecule has 0 aliphatic heterocycles. The van der Waals surface area contributed by atoms with Crippen molar-refractivity contribution < 1.29 is 4.79 Å². The lowest BCUT2D eigenvalue weighted by Gasteiger charge is -2.22. The van der Waals surface area contributed by atoms with Gasteiger partial charge >= 0.3 is 0 Å². The summed E-state index contributed by atoms with van der Waals surface area (Å²) in [6, 6.07) is 0. The lowest BCUT2D eigenvalue weighted by Crippen LogP contribution is -2.08. The molecular weight excluding hydrogens is 138 g/mol. The summed E-state index contributed by atoms with van der Waals surface area (Å²) in [4.78, 5) is 8.35. The second-order valence-corrected chi connectivity index (χ2v) is 3.47. The first-order valence-corrected chi connectivity index (χ1v) is 4.24. The van der Waals surface area contributed by atoms with Gasteiger partial charge in [0.05, 0.1) is 0 Å². The van der Waals surface area contributed by atoms with Crippen LogP contribution in [0.5, 0.6) is 0 Å². The van der Waals surface area contributed by atoms with Gasteiger partial charge in [-0.05, 0) is 11.8 Å². The molecule has 1 rings (SSSR count). The van der Waals surface area contributed by atoms with Crippen LogP contribution in [0.15, 0.2) is 0 Å². The highest BCUT2D eigenvalue weighted by Gasteiger charge is 2.13. The van der Waals surface area contributed by atoms with E-state index in [1.165, 1.54) is 25.7 Å². The molecule has 11 heavy (non-hydrogen) atoms. The van der Waals surface area contributed by atoms with Gasteiger partial charge in [-0.25, -0.2) is 10.2 Å². The predicted octanol–water partition coefficient (Wildman–Crippen LogP) is 2.73. The Bertz CT molecular complexity index is 110. The second kappa shape index (κ2) is 6.11. The molecule has 1 saturated carbocycles. The summed E-state index contributed by atoms with van der Waals surface area (Å²) in [6.45, 7) is 4.73. The molecule has 0 heterocycles. The highest BCUT2D eigenvalue weighted by Crippen LogP contribution is 2.27. The van der Waals surface area contributed by atoms with E-state index in [-0.39, 0.29) is 0 Å². The van der Waals surface area contributed by atoms with Gasteiger partial charge in [0.15, 0.2) is 0 Å². The molecule has 0 aromatic rings. The normalized spacial score (nSPS) is 29.6. The molecule has 0 spiro atoms. The zero-order valence-corrected chi connectivity index (χ0v) is 7.39. The molecule has 1 aliphatic rings. The SMILES string of the molecule is CC1CCC(C)CC1.N=C=O. The lowest BCUT2D eigenvalue weighted by atomic mass is 9.84. The molecule has 1 fully saturated rings. The van der Waals surface area contributed by atoms with Gasteiger partial charge < -0.3 is 0 Å². The summed E-state index contributed by atoms with van der Waals surface area (Å²) < 4.78 is 0. The van der Waals surface area contributed by atoms with E-state index in [9.17, 15) is 0 Å². The average Bonchev–Trinajstić information content (AvgIpc) is 1.97. The van der Waals surface area contributed by atoms with Crippen molar-refractivity contribution >= 4 is 6.08 Å². The minimum absolute atomic E-state index is 0.750. The molecule has 0 aromatic carbocycles. The summed E-state index contributed by atoms with van der Waals surface area (Å²) in [6.07, 6.45) is 6.64. The minimum atomic E-state index is 0.750. The van der Waals surface area contributed by atoms with Gasteiger partial charge in [0, 0.05) is 0 Å². The molecular formula is C9H17NO. The van der Waals surface area contributed by atoms with Crippen LogP contribution in [-0.2, 0) is 4.79 Å². The third kappa shape index (κ3) is 5.81. The number of isocyanates is 1. The maximum absolute atomic E-state index is 8.35. The van der Waals surface area contributed by atoms with Crippen LogP contribution in [0.4, 0.5) is 0 Å². The van der Waals surface area contributed by atoms with Gasteiger partial charge in [0.2, 0.25) is 6.08 Å². The zero-order valence-electron chi connectivity index (χ0n) is 7.39. The summed E-state index contributed by atoms with van der Waals surface area (Å²) in [5.74, 6) is 2.04. The van der Waals surface area contributed by atoms with E-state index in [0.717, 1.165) is 17.9 Å². The van der Waals surface area contributed by atoms with Gasteiger partial charge in [0.25, 0.3) is 0 Å². The largest absolute Gasteiger partial charge is 0.231 e. The molecule has 2 heteroatoms. The Hall–Kier alpha value is -0.620. The number of hydrogen-bond donors (Lipinski definition) is 1. The van der Waals surface area contributed by atoms with Crippen molar-refractivity contribution in [2.24, 2.45) is 11.8 Å². The number of hydrogen-bond acceptors (Lipinski definition) is 2. The third-order valence-electron chi connectivity index (χ3n) is 2.30. The smallest absolute Gasteiger partial charge is 0.222 e. The highest BCUT2D eigenvalue weighted by molar-refractivity contribution is 5.26. The van der Waals surface area contributed by atoms with Crippen molar-refractivity contribution in [3.05, 3.63) is 0 Å². The maximum atomic E-state index is 8.35. The van der Waals surface area contributed by atoms with E-state index >= 15 is 0 Å². The van der Waals surface area contributed by atoms with E-state index in [1.54, 1.807) is 0 Å². The lowest BCUT2D eigenvalue weighted by molar-refractivity contribution is 0.308. The highest BCUT2D eigenvalue weighted by atomic mass is 16.1. The van der Waals surface area contributed by atoms with Gasteiger partial charge in [-0.3, -0.25) is 0 Å². The van der Waals surface area contributed by atoms with Crippen molar-refractivity contribution in [2.75, 3.05) is 0 Å². The van der Waals surface area contributed by atoms with Crippen LogP contribution in [-0.4, -0.2) is 6.08 Å². The van der Waals surface area contributed by atoms with Crippen LogP contribution in [0.1, 0.15) is 39.5 Å². The first-order valence-electron chi connectivity index (χ1n) is 4.24. The Morgan fingerprint density at radius 2 is 1.27 bits per heavy atom. The van der Waals surface area contributed by atoms with E-state index in [2.05, 4.69) is 13.8 Å².